The highest BCUT2D eigenvalue weighted by molar-refractivity contribution is 6.30. The molecule has 21 heavy (non-hydrogen) atoms. The van der Waals surface area contributed by atoms with Crippen LogP contribution in [0.25, 0.3) is 0 Å². The van der Waals surface area contributed by atoms with Crippen LogP contribution in [0.2, 0.25) is 5.02 Å². The maximum absolute atomic E-state index is 12.5. The Morgan fingerprint density at radius 2 is 2.43 bits per heavy atom. The third kappa shape index (κ3) is 3.77. The molecule has 0 radical (unpaired) electrons. The molecule has 2 rings (SSSR count). The van der Waals surface area contributed by atoms with E-state index in [1.165, 1.54) is 0 Å². The lowest BCUT2D eigenvalue weighted by Crippen LogP contribution is -2.58. The zero-order chi connectivity index (χ0) is 15.5. The Morgan fingerprint density at radius 1 is 1.67 bits per heavy atom. The van der Waals surface area contributed by atoms with Crippen molar-refractivity contribution in [3.05, 3.63) is 17.4 Å². The number of ether oxygens (including phenoxy) is 1. The minimum absolute atomic E-state index is 0.151. The molecule has 0 amide bonds. The highest BCUT2D eigenvalue weighted by Gasteiger charge is 2.45. The van der Waals surface area contributed by atoms with Crippen molar-refractivity contribution in [3.8, 4) is 0 Å². The van der Waals surface area contributed by atoms with E-state index in [0.717, 1.165) is 19.3 Å². The molecule has 0 aliphatic heterocycles. The summed E-state index contributed by atoms with van der Waals surface area (Å²) in [6.07, 6.45) is 6.90. The van der Waals surface area contributed by atoms with Gasteiger partial charge in [-0.25, -0.2) is 0 Å². The van der Waals surface area contributed by atoms with Crippen molar-refractivity contribution >= 4 is 17.6 Å². The van der Waals surface area contributed by atoms with Crippen LogP contribution < -0.4 is 5.32 Å². The fourth-order valence-electron chi connectivity index (χ4n) is 3.18. The predicted molar refractivity (Wildman–Crippen MR) is 82.4 cm³/mol. The number of nitrogens with one attached hydrogen (secondary N) is 1. The van der Waals surface area contributed by atoms with Gasteiger partial charge in [-0.15, -0.1) is 0 Å². The van der Waals surface area contributed by atoms with Crippen molar-refractivity contribution in [1.29, 1.82) is 0 Å². The number of esters is 1. The van der Waals surface area contributed by atoms with Gasteiger partial charge in [-0.2, -0.15) is 5.10 Å². The first-order chi connectivity index (χ1) is 9.97. The molecule has 118 valence electrons. The average molecular weight is 314 g/mol. The molecule has 1 N–H and O–H groups in total. The molecular weight excluding hydrogens is 290 g/mol. The quantitative estimate of drug-likeness (QED) is 0.849. The first kappa shape index (κ1) is 16.3. The highest BCUT2D eigenvalue weighted by atomic mass is 35.5. The molecule has 0 bridgehead atoms. The fourth-order valence-corrected chi connectivity index (χ4v) is 3.33. The summed E-state index contributed by atoms with van der Waals surface area (Å²) in [6.45, 7) is 6.35. The van der Waals surface area contributed by atoms with Crippen molar-refractivity contribution in [2.75, 3.05) is 6.61 Å². The first-order valence-electron chi connectivity index (χ1n) is 7.61. The molecule has 1 aromatic heterocycles. The average Bonchev–Trinajstić information content (AvgIpc) is 2.85. The summed E-state index contributed by atoms with van der Waals surface area (Å²) in [7, 11) is 0. The summed E-state index contributed by atoms with van der Waals surface area (Å²) < 4.78 is 7.19. The summed E-state index contributed by atoms with van der Waals surface area (Å²) in [5.74, 6) is -0.151. The van der Waals surface area contributed by atoms with E-state index in [1.807, 2.05) is 17.8 Å². The minimum atomic E-state index is -0.620. The molecule has 2 atom stereocenters. The Kier molecular flexibility index (Phi) is 5.27. The zero-order valence-corrected chi connectivity index (χ0v) is 13.7. The number of halogens is 1. The molecule has 1 aliphatic rings. The molecule has 2 unspecified atom stereocenters. The van der Waals surface area contributed by atoms with Gasteiger partial charge in [0.1, 0.15) is 5.54 Å². The third-order valence-corrected chi connectivity index (χ3v) is 4.10. The lowest BCUT2D eigenvalue weighted by molar-refractivity contribution is -0.154. The number of hydrogen-bond donors (Lipinski definition) is 1. The molecular formula is C15H24ClN3O2. The molecule has 6 heteroatoms. The van der Waals surface area contributed by atoms with Gasteiger partial charge in [0.05, 0.1) is 23.9 Å². The summed E-state index contributed by atoms with van der Waals surface area (Å²) in [6, 6.07) is 0.385. The van der Waals surface area contributed by atoms with Crippen molar-refractivity contribution < 1.29 is 9.53 Å². The van der Waals surface area contributed by atoms with Crippen molar-refractivity contribution in [3.63, 3.8) is 0 Å². The van der Waals surface area contributed by atoms with Crippen LogP contribution in [0.15, 0.2) is 12.4 Å². The SMILES string of the molecule is CCOC(=O)C1(NC(C)C)CCCC(n2cc(Cl)cn2)C1. The third-order valence-electron chi connectivity index (χ3n) is 3.90. The zero-order valence-electron chi connectivity index (χ0n) is 12.9. The smallest absolute Gasteiger partial charge is 0.326 e. The summed E-state index contributed by atoms with van der Waals surface area (Å²) >= 11 is 5.96. The van der Waals surface area contributed by atoms with Gasteiger partial charge in [0.15, 0.2) is 0 Å². The molecule has 1 saturated carbocycles. The molecule has 1 heterocycles. The van der Waals surface area contributed by atoms with E-state index in [9.17, 15) is 4.79 Å². The van der Waals surface area contributed by atoms with Crippen LogP contribution in [0.1, 0.15) is 52.5 Å². The maximum Gasteiger partial charge on any atom is 0.326 e. The normalized spacial score (nSPS) is 26.0. The van der Waals surface area contributed by atoms with Crippen LogP contribution in [0.3, 0.4) is 0 Å². The van der Waals surface area contributed by atoms with Crippen LogP contribution in [0.5, 0.6) is 0 Å². The lowest BCUT2D eigenvalue weighted by Gasteiger charge is -2.40. The molecule has 0 spiro atoms. The largest absolute Gasteiger partial charge is 0.465 e. The monoisotopic (exact) mass is 313 g/mol. The van der Waals surface area contributed by atoms with Gasteiger partial charge in [-0.05, 0) is 46.5 Å². The molecule has 1 aliphatic carbocycles. The van der Waals surface area contributed by atoms with Gasteiger partial charge in [0.25, 0.3) is 0 Å². The van der Waals surface area contributed by atoms with E-state index >= 15 is 0 Å². The van der Waals surface area contributed by atoms with Gasteiger partial charge in [-0.3, -0.25) is 14.8 Å². The Morgan fingerprint density at radius 3 is 3.00 bits per heavy atom. The van der Waals surface area contributed by atoms with Gasteiger partial charge < -0.3 is 4.74 Å². The van der Waals surface area contributed by atoms with Gasteiger partial charge in [0.2, 0.25) is 0 Å². The maximum atomic E-state index is 12.5. The van der Waals surface area contributed by atoms with Gasteiger partial charge >= 0.3 is 5.97 Å². The topological polar surface area (TPSA) is 56.1 Å². The number of aromatic nitrogens is 2. The highest BCUT2D eigenvalue weighted by Crippen LogP contribution is 2.37. The van der Waals surface area contributed by atoms with Gasteiger partial charge in [-0.1, -0.05) is 11.6 Å². The number of hydrogen-bond acceptors (Lipinski definition) is 4. The predicted octanol–water partition coefficient (Wildman–Crippen LogP) is 2.95. The van der Waals surface area contributed by atoms with Crippen molar-refractivity contribution in [1.82, 2.24) is 15.1 Å². The second kappa shape index (κ2) is 6.79. The minimum Gasteiger partial charge on any atom is -0.465 e. The second-order valence-corrected chi connectivity index (χ2v) is 6.43. The molecule has 0 saturated heterocycles. The van der Waals surface area contributed by atoms with Crippen LogP contribution in [0, 0.1) is 0 Å². The first-order valence-corrected chi connectivity index (χ1v) is 7.99. The van der Waals surface area contributed by atoms with Crippen LogP contribution in [-0.4, -0.2) is 33.9 Å². The Labute approximate surface area is 131 Å². The Bertz CT molecular complexity index is 489. The number of carbonyl (C=O) groups is 1. The molecule has 0 aromatic carbocycles. The second-order valence-electron chi connectivity index (χ2n) is 5.99. The summed E-state index contributed by atoms with van der Waals surface area (Å²) in [4.78, 5) is 12.5. The summed E-state index contributed by atoms with van der Waals surface area (Å²) in [5, 5.41) is 8.36. The van der Waals surface area contributed by atoms with E-state index in [1.54, 1.807) is 6.20 Å². The molecule has 1 aromatic rings. The Hall–Kier alpha value is -1.07. The van der Waals surface area contributed by atoms with E-state index in [2.05, 4.69) is 24.3 Å². The van der Waals surface area contributed by atoms with Crippen molar-refractivity contribution in [2.24, 2.45) is 0 Å². The lowest BCUT2D eigenvalue weighted by atomic mass is 9.78. The van der Waals surface area contributed by atoms with E-state index < -0.39 is 5.54 Å². The van der Waals surface area contributed by atoms with Gasteiger partial charge in [0, 0.05) is 12.2 Å². The number of carbonyl (C=O) groups excluding carboxylic acids is 1. The van der Waals surface area contributed by atoms with Crippen molar-refractivity contribution in [2.45, 2.75) is 64.1 Å². The van der Waals surface area contributed by atoms with E-state index in [4.69, 9.17) is 16.3 Å². The van der Waals surface area contributed by atoms with Crippen LogP contribution in [0.4, 0.5) is 0 Å². The van der Waals surface area contributed by atoms with E-state index in [-0.39, 0.29) is 18.1 Å². The molecule has 1 fully saturated rings. The van der Waals surface area contributed by atoms with Crippen LogP contribution >= 0.6 is 11.6 Å². The van der Waals surface area contributed by atoms with Crippen LogP contribution in [-0.2, 0) is 9.53 Å². The number of rotatable bonds is 5. The van der Waals surface area contributed by atoms with E-state index in [0.29, 0.717) is 18.1 Å². The standard InChI is InChI=1S/C15H24ClN3O2/c1-4-21-14(20)15(18-11(2)3)7-5-6-13(8-15)19-10-12(16)9-17-19/h9-11,13,18H,4-8H2,1-3H3. The number of nitrogens with zero attached hydrogens (tertiary/aromatic N) is 2. The summed E-state index contributed by atoms with van der Waals surface area (Å²) in [5.41, 5.74) is -0.620. The molecule has 5 nitrogen and oxygen atoms in total. The Balaban J connectivity index is 2.21. The fraction of sp³-hybridized carbons (Fsp3) is 0.733.